The van der Waals surface area contributed by atoms with Crippen molar-refractivity contribution < 1.29 is 0 Å². The molecule has 0 amide bonds. The van der Waals surface area contributed by atoms with Crippen LogP contribution in [0, 0.1) is 0 Å². The van der Waals surface area contributed by atoms with Crippen molar-refractivity contribution in [3.8, 4) is 0 Å². The fraction of sp³-hybridized carbons (Fsp3) is 1.00. The van der Waals surface area contributed by atoms with E-state index in [2.05, 4.69) is 83.1 Å². The summed E-state index contributed by atoms with van der Waals surface area (Å²) in [5.74, 6) is 0. The third-order valence-corrected chi connectivity index (χ3v) is 10.1. The third-order valence-electron chi connectivity index (χ3n) is 1.50. The van der Waals surface area contributed by atoms with Gasteiger partial charge in [-0.1, -0.05) is 0 Å². The monoisotopic (exact) mass is 546 g/mol. The van der Waals surface area contributed by atoms with Gasteiger partial charge in [0.05, 0.1) is 0 Å². The SMILES string of the molecule is C[C](C)(C)[Sn][C](C)(C)C.C[C](C)(C)[Sn][C](C)(C)C.[K].[K]. The molecular formula is C16H36K2Sn2. The van der Waals surface area contributed by atoms with Gasteiger partial charge in [-0.05, 0) is 0 Å². The molecule has 0 spiro atoms. The average molecular weight is 544 g/mol. The van der Waals surface area contributed by atoms with E-state index in [9.17, 15) is 0 Å². The van der Waals surface area contributed by atoms with Gasteiger partial charge in [-0.15, -0.1) is 0 Å². The van der Waals surface area contributed by atoms with Gasteiger partial charge in [0.2, 0.25) is 0 Å². The van der Waals surface area contributed by atoms with E-state index in [1.807, 2.05) is 0 Å². The third kappa shape index (κ3) is 38.4. The molecule has 0 fully saturated rings. The largest absolute Gasteiger partial charge is 0 e. The first-order valence-corrected chi connectivity index (χ1v) is 12.7. The summed E-state index contributed by atoms with van der Waals surface area (Å²) in [4.78, 5) is 0. The molecule has 0 bridgehead atoms. The predicted octanol–water partition coefficient (Wildman–Crippen LogP) is 5.49. The zero-order valence-corrected chi connectivity index (χ0v) is 29.0. The fourth-order valence-corrected chi connectivity index (χ4v) is 15.1. The summed E-state index contributed by atoms with van der Waals surface area (Å²) >= 11 is -0.363. The molecular weight excluding hydrogens is 508 g/mol. The van der Waals surface area contributed by atoms with E-state index in [4.69, 9.17) is 0 Å². The second-order valence-corrected chi connectivity index (χ2v) is 27.8. The number of hydrogen-bond donors (Lipinski definition) is 0. The van der Waals surface area contributed by atoms with Crippen molar-refractivity contribution in [1.29, 1.82) is 0 Å². The molecule has 6 radical (unpaired) electrons. The maximum Gasteiger partial charge on any atom is 0 e. The van der Waals surface area contributed by atoms with E-state index in [0.717, 1.165) is 0 Å². The molecule has 0 aliphatic heterocycles. The van der Waals surface area contributed by atoms with Crippen LogP contribution in [-0.4, -0.2) is 145 Å². The minimum absolute atomic E-state index is 0. The maximum atomic E-state index is 2.37. The molecule has 0 nitrogen and oxygen atoms in total. The molecule has 0 aliphatic rings. The van der Waals surface area contributed by atoms with Crippen LogP contribution >= 0.6 is 0 Å². The van der Waals surface area contributed by atoms with Crippen LogP contribution < -0.4 is 0 Å². The van der Waals surface area contributed by atoms with E-state index in [0.29, 0.717) is 13.7 Å². The quantitative estimate of drug-likeness (QED) is 0.354. The van der Waals surface area contributed by atoms with Gasteiger partial charge in [-0.25, -0.2) is 0 Å². The van der Waals surface area contributed by atoms with Crippen LogP contribution in [0.1, 0.15) is 83.1 Å². The summed E-state index contributed by atoms with van der Waals surface area (Å²) < 4.78 is 2.62. The summed E-state index contributed by atoms with van der Waals surface area (Å²) in [5, 5.41) is 0. The molecule has 4 heteroatoms. The van der Waals surface area contributed by atoms with Crippen LogP contribution in [0.2, 0.25) is 13.7 Å². The van der Waals surface area contributed by atoms with Crippen molar-refractivity contribution in [3.05, 3.63) is 0 Å². The Labute approximate surface area is 236 Å². The fourth-order valence-electron chi connectivity index (χ4n) is 2.25. The molecule has 20 heavy (non-hydrogen) atoms. The van der Waals surface area contributed by atoms with Crippen molar-refractivity contribution in [2.45, 2.75) is 96.8 Å². The first-order chi connectivity index (χ1) is 7.41. The Kier molecular flexibility index (Phi) is 21.3. The molecule has 0 aromatic carbocycles. The molecule has 110 valence electrons. The smallest absolute Gasteiger partial charge is 0 e. The van der Waals surface area contributed by atoms with E-state index in [-0.39, 0.29) is 145 Å². The van der Waals surface area contributed by atoms with Gasteiger partial charge in [-0.2, -0.15) is 0 Å². The minimum atomic E-state index is -0.182. The molecule has 0 N–H and O–H groups in total. The maximum absolute atomic E-state index is 2.37. The molecule has 0 heterocycles. The summed E-state index contributed by atoms with van der Waals surface area (Å²) in [6.45, 7) is 28.4. The first-order valence-electron chi connectivity index (χ1n) is 7.00. The van der Waals surface area contributed by atoms with Crippen molar-refractivity contribution in [2.75, 3.05) is 0 Å². The molecule has 0 saturated carbocycles. The molecule has 0 atom stereocenters. The van der Waals surface area contributed by atoms with Gasteiger partial charge in [0.15, 0.2) is 0 Å². The van der Waals surface area contributed by atoms with Crippen LogP contribution in [0.5, 0.6) is 0 Å². The topological polar surface area (TPSA) is 0 Å². The second kappa shape index (κ2) is 13.1. The minimum Gasteiger partial charge on any atom is 0 e. The zero-order valence-electron chi connectivity index (χ0n) is 17.0. The Morgan fingerprint density at radius 2 is 0.450 bits per heavy atom. The van der Waals surface area contributed by atoms with Gasteiger partial charge in [0.25, 0.3) is 0 Å². The van der Waals surface area contributed by atoms with E-state index in [1.165, 1.54) is 0 Å². The summed E-state index contributed by atoms with van der Waals surface area (Å²) in [6.07, 6.45) is 0. The summed E-state index contributed by atoms with van der Waals surface area (Å²) in [6, 6.07) is 0. The summed E-state index contributed by atoms with van der Waals surface area (Å²) in [5.41, 5.74) is 0. The zero-order chi connectivity index (χ0) is 15.4. The summed E-state index contributed by atoms with van der Waals surface area (Å²) in [7, 11) is 0. The van der Waals surface area contributed by atoms with Gasteiger partial charge < -0.3 is 0 Å². The molecule has 0 rings (SSSR count). The first kappa shape index (κ1) is 32.5. The van der Waals surface area contributed by atoms with Crippen LogP contribution in [-0.2, 0) is 0 Å². The normalized spacial score (nSPS) is 12.6. The van der Waals surface area contributed by atoms with Crippen LogP contribution in [0.4, 0.5) is 0 Å². The molecule has 0 aliphatic carbocycles. The average Bonchev–Trinajstić information content (AvgIpc) is 1.64. The molecule has 0 saturated heterocycles. The van der Waals surface area contributed by atoms with Gasteiger partial charge in [0.1, 0.15) is 0 Å². The standard InChI is InChI=1S/4C4H9.2K.2Sn/c4*1-4(2)3;;;;/h4*1-3H3;;;;. The van der Waals surface area contributed by atoms with Gasteiger partial charge in [0, 0.05) is 103 Å². The molecule has 0 aromatic rings. The Morgan fingerprint density at radius 1 is 0.350 bits per heavy atom. The van der Waals surface area contributed by atoms with Crippen LogP contribution in [0.15, 0.2) is 0 Å². The Balaban J connectivity index is -0.000000116. The van der Waals surface area contributed by atoms with Gasteiger partial charge in [-0.3, -0.25) is 0 Å². The number of rotatable bonds is 0. The van der Waals surface area contributed by atoms with Crippen molar-refractivity contribution in [1.82, 2.24) is 0 Å². The van der Waals surface area contributed by atoms with Crippen molar-refractivity contribution in [3.63, 3.8) is 0 Å². The molecule has 0 unspecified atom stereocenters. The van der Waals surface area contributed by atoms with E-state index in [1.54, 1.807) is 0 Å². The Morgan fingerprint density at radius 3 is 0.450 bits per heavy atom. The Bertz CT molecular complexity index is 175. The van der Waals surface area contributed by atoms with Gasteiger partial charge >= 0.3 is 139 Å². The predicted molar refractivity (Wildman–Crippen MR) is 102 cm³/mol. The van der Waals surface area contributed by atoms with Crippen LogP contribution in [0.25, 0.3) is 0 Å². The molecule has 0 aromatic heterocycles. The van der Waals surface area contributed by atoms with Crippen molar-refractivity contribution in [2.24, 2.45) is 0 Å². The van der Waals surface area contributed by atoms with Crippen molar-refractivity contribution >= 4 is 145 Å². The number of hydrogen-bond acceptors (Lipinski definition) is 0. The van der Waals surface area contributed by atoms with E-state index >= 15 is 0 Å². The Hall–Kier alpha value is 4.87. The van der Waals surface area contributed by atoms with Crippen LogP contribution in [0.3, 0.4) is 0 Å². The second-order valence-electron chi connectivity index (χ2n) is 9.25. The van der Waals surface area contributed by atoms with E-state index < -0.39 is 0 Å².